The molecule has 0 aliphatic rings. The third kappa shape index (κ3) is 5.09. The van der Waals surface area contributed by atoms with Crippen molar-refractivity contribution in [1.29, 1.82) is 0 Å². The Balaban J connectivity index is 3.60. The van der Waals surface area contributed by atoms with Gasteiger partial charge in [-0.1, -0.05) is 6.92 Å². The van der Waals surface area contributed by atoms with Crippen molar-refractivity contribution in [2.24, 2.45) is 0 Å². The van der Waals surface area contributed by atoms with Crippen LogP contribution < -0.4 is 10.6 Å². The molecule has 0 rings (SSSR count). The quantitative estimate of drug-likeness (QED) is 0.526. The maximum Gasteiger partial charge on any atom is 0.234 e. The Labute approximate surface area is 73.3 Å². The van der Waals surface area contributed by atoms with Gasteiger partial charge in [0.05, 0.1) is 12.1 Å². The molecular formula is C8H18N2O2. The van der Waals surface area contributed by atoms with Crippen LogP contribution in [0.25, 0.3) is 0 Å². The molecule has 0 aliphatic carbocycles. The van der Waals surface area contributed by atoms with E-state index in [4.69, 9.17) is 0 Å². The number of rotatable bonds is 5. The van der Waals surface area contributed by atoms with Gasteiger partial charge in [0.2, 0.25) is 5.91 Å². The second kappa shape index (κ2) is 5.11. The fraction of sp³-hybridized carbons (Fsp3) is 0.875. The Bertz CT molecular complexity index is 146. The highest BCUT2D eigenvalue weighted by molar-refractivity contribution is 5.77. The number of carbonyl (C=O) groups excluding carboxylic acids is 1. The lowest BCUT2D eigenvalue weighted by atomic mass is 10.0. The summed E-state index contributed by atoms with van der Waals surface area (Å²) >= 11 is 0. The topological polar surface area (TPSA) is 61.4 Å². The Kier molecular flexibility index (Phi) is 4.85. The van der Waals surface area contributed by atoms with E-state index >= 15 is 0 Å². The predicted octanol–water partition coefficient (Wildman–Crippen LogP) is -0.517. The van der Waals surface area contributed by atoms with Gasteiger partial charge in [-0.15, -0.1) is 0 Å². The van der Waals surface area contributed by atoms with Crippen molar-refractivity contribution in [3.8, 4) is 0 Å². The van der Waals surface area contributed by atoms with E-state index in [0.29, 0.717) is 19.5 Å². The average molecular weight is 174 g/mol. The van der Waals surface area contributed by atoms with Crippen LogP contribution in [0.2, 0.25) is 0 Å². The zero-order valence-corrected chi connectivity index (χ0v) is 7.98. The van der Waals surface area contributed by atoms with E-state index in [1.807, 2.05) is 6.92 Å². The van der Waals surface area contributed by atoms with Crippen molar-refractivity contribution >= 4 is 5.91 Å². The lowest BCUT2D eigenvalue weighted by Gasteiger charge is -2.21. The van der Waals surface area contributed by atoms with Gasteiger partial charge in [-0.05, 0) is 20.4 Å². The second-order valence-electron chi connectivity index (χ2n) is 3.16. The second-order valence-corrected chi connectivity index (χ2v) is 3.16. The fourth-order valence-corrected chi connectivity index (χ4v) is 0.637. The number of amides is 1. The van der Waals surface area contributed by atoms with Gasteiger partial charge in [-0.25, -0.2) is 0 Å². The number of nitrogens with one attached hydrogen (secondary N) is 2. The number of aliphatic hydroxyl groups is 1. The van der Waals surface area contributed by atoms with Crippen LogP contribution >= 0.6 is 0 Å². The maximum atomic E-state index is 10.9. The zero-order valence-electron chi connectivity index (χ0n) is 7.98. The Morgan fingerprint density at radius 1 is 1.58 bits per heavy atom. The Hall–Kier alpha value is -0.610. The average Bonchev–Trinajstić information content (AvgIpc) is 2.02. The maximum absolute atomic E-state index is 10.9. The first-order valence-corrected chi connectivity index (χ1v) is 4.15. The largest absolute Gasteiger partial charge is 0.388 e. The zero-order chi connectivity index (χ0) is 9.61. The Morgan fingerprint density at radius 3 is 2.58 bits per heavy atom. The molecule has 0 aromatic heterocycles. The van der Waals surface area contributed by atoms with Crippen LogP contribution in [0.1, 0.15) is 20.3 Å². The summed E-state index contributed by atoms with van der Waals surface area (Å²) in [6.07, 6.45) is 0.632. The van der Waals surface area contributed by atoms with Crippen molar-refractivity contribution in [2.75, 3.05) is 20.1 Å². The van der Waals surface area contributed by atoms with Crippen molar-refractivity contribution < 1.29 is 9.90 Å². The standard InChI is InChI=1S/C8H18N2O2/c1-4-8(2,12)6-10-7(11)5-9-3/h9,12H,4-6H2,1-3H3,(H,10,11). The lowest BCUT2D eigenvalue weighted by molar-refractivity contribution is -0.121. The molecule has 12 heavy (non-hydrogen) atoms. The van der Waals surface area contributed by atoms with Gasteiger partial charge >= 0.3 is 0 Å². The van der Waals surface area contributed by atoms with E-state index in [1.165, 1.54) is 0 Å². The van der Waals surface area contributed by atoms with Crippen molar-refractivity contribution in [3.63, 3.8) is 0 Å². The molecule has 0 aliphatic heterocycles. The van der Waals surface area contributed by atoms with Crippen LogP contribution in [0.3, 0.4) is 0 Å². The van der Waals surface area contributed by atoms with Gasteiger partial charge in [0.1, 0.15) is 0 Å². The third-order valence-corrected chi connectivity index (χ3v) is 1.77. The SMILES string of the molecule is CCC(C)(O)CNC(=O)CNC. The molecule has 0 spiro atoms. The van der Waals surface area contributed by atoms with Gasteiger partial charge < -0.3 is 15.7 Å². The molecule has 4 heteroatoms. The molecule has 1 unspecified atom stereocenters. The van der Waals surface area contributed by atoms with Gasteiger partial charge in [0.25, 0.3) is 0 Å². The first-order valence-electron chi connectivity index (χ1n) is 4.15. The normalized spacial score (nSPS) is 15.3. The first-order chi connectivity index (χ1) is 5.52. The number of likely N-dealkylation sites (N-methyl/N-ethyl adjacent to an activating group) is 1. The lowest BCUT2D eigenvalue weighted by Crippen LogP contribution is -2.42. The van der Waals surface area contributed by atoms with E-state index < -0.39 is 5.60 Å². The molecule has 0 saturated carbocycles. The summed E-state index contributed by atoms with van der Waals surface area (Å²) in [5, 5.41) is 14.9. The summed E-state index contributed by atoms with van der Waals surface area (Å²) < 4.78 is 0. The van der Waals surface area contributed by atoms with Crippen molar-refractivity contribution in [1.82, 2.24) is 10.6 Å². The molecule has 0 fully saturated rings. The minimum absolute atomic E-state index is 0.0915. The number of hydrogen-bond donors (Lipinski definition) is 3. The van der Waals surface area contributed by atoms with Crippen LogP contribution in [-0.2, 0) is 4.79 Å². The molecule has 4 nitrogen and oxygen atoms in total. The molecule has 0 bridgehead atoms. The predicted molar refractivity (Wildman–Crippen MR) is 47.9 cm³/mol. The summed E-state index contributed by atoms with van der Waals surface area (Å²) in [7, 11) is 1.71. The van der Waals surface area contributed by atoms with Crippen LogP contribution in [0.15, 0.2) is 0 Å². The summed E-state index contributed by atoms with van der Waals surface area (Å²) in [5.41, 5.74) is -0.788. The van der Waals surface area contributed by atoms with Crippen LogP contribution in [0, 0.1) is 0 Å². The van der Waals surface area contributed by atoms with Crippen LogP contribution in [-0.4, -0.2) is 36.8 Å². The van der Waals surface area contributed by atoms with Gasteiger partial charge in [0.15, 0.2) is 0 Å². The number of hydrogen-bond acceptors (Lipinski definition) is 3. The summed E-state index contributed by atoms with van der Waals surface area (Å²) in [6, 6.07) is 0. The third-order valence-electron chi connectivity index (χ3n) is 1.77. The van der Waals surface area contributed by atoms with Crippen LogP contribution in [0.4, 0.5) is 0 Å². The molecule has 1 amide bonds. The monoisotopic (exact) mass is 174 g/mol. The molecule has 72 valence electrons. The van der Waals surface area contributed by atoms with E-state index in [2.05, 4.69) is 10.6 Å². The molecule has 0 heterocycles. The molecule has 0 saturated heterocycles. The van der Waals surface area contributed by atoms with Gasteiger partial charge in [0, 0.05) is 6.54 Å². The van der Waals surface area contributed by atoms with E-state index in [0.717, 1.165) is 0 Å². The van der Waals surface area contributed by atoms with E-state index in [9.17, 15) is 9.90 Å². The number of carbonyl (C=O) groups is 1. The summed E-state index contributed by atoms with van der Waals surface area (Å²) in [4.78, 5) is 10.9. The van der Waals surface area contributed by atoms with E-state index in [1.54, 1.807) is 14.0 Å². The highest BCUT2D eigenvalue weighted by atomic mass is 16.3. The fourth-order valence-electron chi connectivity index (χ4n) is 0.637. The van der Waals surface area contributed by atoms with Crippen molar-refractivity contribution in [2.45, 2.75) is 25.9 Å². The minimum Gasteiger partial charge on any atom is -0.388 e. The molecule has 1 atom stereocenters. The van der Waals surface area contributed by atoms with Gasteiger partial charge in [-0.3, -0.25) is 4.79 Å². The first kappa shape index (κ1) is 11.4. The summed E-state index contributed by atoms with van der Waals surface area (Å²) in [5.74, 6) is -0.0915. The van der Waals surface area contributed by atoms with Crippen molar-refractivity contribution in [3.05, 3.63) is 0 Å². The molecule has 0 aromatic carbocycles. The molecule has 0 radical (unpaired) electrons. The van der Waals surface area contributed by atoms with E-state index in [-0.39, 0.29) is 5.91 Å². The van der Waals surface area contributed by atoms with Crippen LogP contribution in [0.5, 0.6) is 0 Å². The molecule has 0 aromatic rings. The minimum atomic E-state index is -0.788. The highest BCUT2D eigenvalue weighted by Crippen LogP contribution is 2.05. The molecular weight excluding hydrogens is 156 g/mol. The molecule has 3 N–H and O–H groups in total. The summed E-state index contributed by atoms with van der Waals surface area (Å²) in [6.45, 7) is 4.18. The Morgan fingerprint density at radius 2 is 2.17 bits per heavy atom. The smallest absolute Gasteiger partial charge is 0.234 e. The van der Waals surface area contributed by atoms with Gasteiger partial charge in [-0.2, -0.15) is 0 Å². The highest BCUT2D eigenvalue weighted by Gasteiger charge is 2.17.